The maximum Gasteiger partial charge on any atom is 0.326 e. The minimum Gasteiger partial charge on any atom is -0.480 e. The zero-order valence-electron chi connectivity index (χ0n) is 18.4. The highest BCUT2D eigenvalue weighted by Gasteiger charge is 2.34. The second-order valence-corrected chi connectivity index (χ2v) is 7.60. The third-order valence-electron chi connectivity index (χ3n) is 5.14. The Hall–Kier alpha value is -2.73. The lowest BCUT2D eigenvalue weighted by Crippen LogP contribution is -2.59. The van der Waals surface area contributed by atoms with Crippen LogP contribution in [0.25, 0.3) is 0 Å². The van der Waals surface area contributed by atoms with Crippen LogP contribution in [0.3, 0.4) is 0 Å². The maximum atomic E-state index is 12.8. The van der Waals surface area contributed by atoms with Crippen LogP contribution < -0.4 is 27.4 Å². The number of aliphatic hydroxyl groups is 1. The van der Waals surface area contributed by atoms with Crippen LogP contribution in [0, 0.1) is 11.8 Å². The predicted molar refractivity (Wildman–Crippen MR) is 111 cm³/mol. The Kier molecular flexibility index (Phi) is 12.4. The van der Waals surface area contributed by atoms with Crippen LogP contribution in [-0.2, 0) is 24.0 Å². The van der Waals surface area contributed by atoms with Crippen molar-refractivity contribution >= 4 is 29.6 Å². The molecule has 0 bridgehead atoms. The van der Waals surface area contributed by atoms with Crippen molar-refractivity contribution in [3.63, 3.8) is 0 Å². The summed E-state index contributed by atoms with van der Waals surface area (Å²) in [5.41, 5.74) is 10.7. The number of carbonyl (C=O) groups excluding carboxylic acids is 4. The molecule has 6 unspecified atom stereocenters. The number of hydrogen-bond acceptors (Lipinski definition) is 7. The van der Waals surface area contributed by atoms with Crippen LogP contribution in [0.1, 0.15) is 47.0 Å². The van der Waals surface area contributed by atoms with E-state index in [1.165, 1.54) is 0 Å². The number of primary amides is 1. The molecule has 0 saturated heterocycles. The molecule has 9 N–H and O–H groups in total. The summed E-state index contributed by atoms with van der Waals surface area (Å²) in [6.45, 7) is 6.23. The average Bonchev–Trinajstić information content (AvgIpc) is 2.72. The van der Waals surface area contributed by atoms with Gasteiger partial charge in [0.05, 0.1) is 13.0 Å². The van der Waals surface area contributed by atoms with Gasteiger partial charge in [-0.25, -0.2) is 4.79 Å². The molecule has 0 rings (SSSR count). The van der Waals surface area contributed by atoms with Crippen molar-refractivity contribution < 1.29 is 34.2 Å². The minimum absolute atomic E-state index is 0.376. The fraction of sp³-hybridized carbons (Fsp3) is 0.737. The molecule has 31 heavy (non-hydrogen) atoms. The first kappa shape index (κ1) is 28.3. The number of aliphatic hydroxyl groups excluding tert-OH is 1. The van der Waals surface area contributed by atoms with Crippen LogP contribution in [0.2, 0.25) is 0 Å². The monoisotopic (exact) mass is 445 g/mol. The first-order valence-corrected chi connectivity index (χ1v) is 10.2. The Morgan fingerprint density at radius 2 is 1.32 bits per heavy atom. The highest BCUT2D eigenvalue weighted by atomic mass is 16.4. The molecule has 0 aromatic heterocycles. The highest BCUT2D eigenvalue weighted by Crippen LogP contribution is 2.11. The van der Waals surface area contributed by atoms with Crippen LogP contribution >= 0.6 is 0 Å². The zero-order valence-corrected chi connectivity index (χ0v) is 18.4. The van der Waals surface area contributed by atoms with E-state index in [2.05, 4.69) is 16.0 Å². The number of carboxylic acid groups (broad SMARTS) is 1. The summed E-state index contributed by atoms with van der Waals surface area (Å²) in [6, 6.07) is -5.01. The van der Waals surface area contributed by atoms with Crippen molar-refractivity contribution in [3.8, 4) is 0 Å². The highest BCUT2D eigenvalue weighted by molar-refractivity contribution is 5.96. The summed E-state index contributed by atoms with van der Waals surface area (Å²) in [4.78, 5) is 60.4. The molecule has 0 aromatic rings. The van der Waals surface area contributed by atoms with E-state index < -0.39 is 72.7 Å². The van der Waals surface area contributed by atoms with Gasteiger partial charge in [0.1, 0.15) is 24.2 Å². The molecule has 0 radical (unpaired) electrons. The van der Waals surface area contributed by atoms with Gasteiger partial charge in [-0.2, -0.15) is 0 Å². The van der Waals surface area contributed by atoms with E-state index in [1.807, 2.05) is 0 Å². The van der Waals surface area contributed by atoms with Crippen LogP contribution in [0.15, 0.2) is 0 Å². The molecule has 12 heteroatoms. The number of carbonyl (C=O) groups is 5. The van der Waals surface area contributed by atoms with E-state index in [0.717, 1.165) is 0 Å². The quantitative estimate of drug-likeness (QED) is 0.155. The van der Waals surface area contributed by atoms with E-state index in [9.17, 15) is 29.1 Å². The second-order valence-electron chi connectivity index (χ2n) is 7.60. The van der Waals surface area contributed by atoms with Crippen molar-refractivity contribution in [1.82, 2.24) is 16.0 Å². The molecule has 0 aliphatic rings. The van der Waals surface area contributed by atoms with Crippen molar-refractivity contribution in [3.05, 3.63) is 0 Å². The van der Waals surface area contributed by atoms with E-state index in [4.69, 9.17) is 16.6 Å². The van der Waals surface area contributed by atoms with Gasteiger partial charge in [-0.1, -0.05) is 40.5 Å². The molecule has 0 aliphatic carbocycles. The van der Waals surface area contributed by atoms with Crippen molar-refractivity contribution in [2.24, 2.45) is 23.3 Å². The molecule has 12 nitrogen and oxygen atoms in total. The standard InChI is InChI=1S/C19H35N5O7/c1-5-9(3)14(23-16(27)11(20)8-25)18(29)22-12(7-13(21)26)17(28)24-15(19(30)31)10(4)6-2/h9-12,14-15,25H,5-8,20H2,1-4H3,(H2,21,26)(H,22,29)(H,23,27)(H,24,28)(H,30,31). The molecule has 0 heterocycles. The average molecular weight is 446 g/mol. The second kappa shape index (κ2) is 13.5. The number of nitrogens with one attached hydrogen (secondary N) is 3. The van der Waals surface area contributed by atoms with Gasteiger partial charge < -0.3 is 37.6 Å². The Balaban J connectivity index is 5.59. The van der Waals surface area contributed by atoms with Crippen molar-refractivity contribution in [2.45, 2.75) is 71.1 Å². The van der Waals surface area contributed by atoms with Gasteiger partial charge in [0.25, 0.3) is 0 Å². The summed E-state index contributed by atoms with van der Waals surface area (Å²) >= 11 is 0. The Morgan fingerprint density at radius 1 is 0.839 bits per heavy atom. The van der Waals surface area contributed by atoms with Crippen LogP contribution in [-0.4, -0.2) is 70.6 Å². The van der Waals surface area contributed by atoms with Gasteiger partial charge in [-0.05, 0) is 11.8 Å². The third kappa shape index (κ3) is 9.30. The first-order valence-electron chi connectivity index (χ1n) is 10.2. The summed E-state index contributed by atoms with van der Waals surface area (Å²) in [6.07, 6.45) is 0.383. The number of hydrogen-bond donors (Lipinski definition) is 7. The largest absolute Gasteiger partial charge is 0.480 e. The summed E-state index contributed by atoms with van der Waals surface area (Å²) < 4.78 is 0. The Labute approximate surface area is 181 Å². The molecule has 0 fully saturated rings. The zero-order chi connectivity index (χ0) is 24.3. The fourth-order valence-electron chi connectivity index (χ4n) is 2.65. The smallest absolute Gasteiger partial charge is 0.326 e. The van der Waals surface area contributed by atoms with E-state index in [0.29, 0.717) is 12.8 Å². The predicted octanol–water partition coefficient (Wildman–Crippen LogP) is -2.19. The topological polar surface area (TPSA) is 214 Å². The van der Waals surface area contributed by atoms with Gasteiger partial charge in [-0.3, -0.25) is 19.2 Å². The van der Waals surface area contributed by atoms with E-state index in [1.54, 1.807) is 27.7 Å². The normalized spacial score (nSPS) is 16.7. The van der Waals surface area contributed by atoms with Crippen molar-refractivity contribution in [2.75, 3.05) is 6.61 Å². The van der Waals surface area contributed by atoms with Crippen LogP contribution in [0.5, 0.6) is 0 Å². The molecule has 0 aromatic carbocycles. The molecular formula is C19H35N5O7. The Morgan fingerprint density at radius 3 is 1.74 bits per heavy atom. The summed E-state index contributed by atoms with van der Waals surface area (Å²) in [7, 11) is 0. The number of rotatable bonds is 14. The maximum absolute atomic E-state index is 12.8. The number of nitrogens with two attached hydrogens (primary N) is 2. The van der Waals surface area contributed by atoms with Crippen molar-refractivity contribution in [1.29, 1.82) is 0 Å². The molecule has 0 saturated carbocycles. The SMILES string of the molecule is CCC(C)C(NC(=O)C(CC(N)=O)NC(=O)C(NC(=O)C(N)CO)C(C)CC)C(=O)O. The Bertz CT molecular complexity index is 658. The molecular weight excluding hydrogens is 410 g/mol. The van der Waals surface area contributed by atoms with E-state index >= 15 is 0 Å². The first-order chi connectivity index (χ1) is 14.4. The molecule has 4 amide bonds. The molecule has 0 aliphatic heterocycles. The van der Waals surface area contributed by atoms with Gasteiger partial charge in [0, 0.05) is 0 Å². The van der Waals surface area contributed by atoms with Gasteiger partial charge >= 0.3 is 5.97 Å². The molecule has 178 valence electrons. The lowest BCUT2D eigenvalue weighted by atomic mass is 9.96. The molecule has 6 atom stereocenters. The lowest BCUT2D eigenvalue weighted by Gasteiger charge is -2.28. The summed E-state index contributed by atoms with van der Waals surface area (Å²) in [5, 5.41) is 25.5. The van der Waals surface area contributed by atoms with E-state index in [-0.39, 0.29) is 5.92 Å². The third-order valence-corrected chi connectivity index (χ3v) is 5.14. The van der Waals surface area contributed by atoms with Gasteiger partial charge in [-0.15, -0.1) is 0 Å². The van der Waals surface area contributed by atoms with Crippen LogP contribution in [0.4, 0.5) is 0 Å². The summed E-state index contributed by atoms with van der Waals surface area (Å²) in [5.74, 6) is -5.35. The van der Waals surface area contributed by atoms with Gasteiger partial charge in [0.15, 0.2) is 0 Å². The fourth-order valence-corrected chi connectivity index (χ4v) is 2.65. The number of amides is 4. The molecule has 0 spiro atoms. The minimum atomic E-state index is -1.44. The van der Waals surface area contributed by atoms with Gasteiger partial charge in [0.2, 0.25) is 23.6 Å². The number of aliphatic carboxylic acids is 1. The number of carboxylic acids is 1. The lowest BCUT2D eigenvalue weighted by molar-refractivity contribution is -0.144.